The van der Waals surface area contributed by atoms with Crippen LogP contribution in [0.5, 0.6) is 0 Å². The van der Waals surface area contributed by atoms with E-state index in [4.69, 9.17) is 9.40 Å². The van der Waals surface area contributed by atoms with E-state index in [0.29, 0.717) is 17.8 Å². The number of aromatic nitrogens is 4. The third-order valence-corrected chi connectivity index (χ3v) is 7.52. The smallest absolute Gasteiger partial charge is 0.286 e. The molecular weight excluding hydrogens is 525 g/mol. The van der Waals surface area contributed by atoms with Gasteiger partial charge in [0.25, 0.3) is 11.4 Å². The Hall–Kier alpha value is -4.47. The van der Waals surface area contributed by atoms with Gasteiger partial charge in [-0.15, -0.1) is 10.2 Å². The lowest BCUT2D eigenvalue weighted by Crippen LogP contribution is -2.46. The Morgan fingerprint density at radius 2 is 1.76 bits per heavy atom. The quantitative estimate of drug-likeness (QED) is 0.305. The fourth-order valence-corrected chi connectivity index (χ4v) is 5.08. The maximum Gasteiger partial charge on any atom is 0.286 e. The summed E-state index contributed by atoms with van der Waals surface area (Å²) in [6, 6.07) is 14.2. The number of aryl methyl sites for hydroxylation is 1. The number of hydrogen-bond acceptors (Lipinski definition) is 7. The highest BCUT2D eigenvalue weighted by atomic mass is 19.1. The van der Waals surface area contributed by atoms with Crippen molar-refractivity contribution in [2.75, 3.05) is 0 Å². The van der Waals surface area contributed by atoms with Gasteiger partial charge in [0.1, 0.15) is 18.2 Å². The van der Waals surface area contributed by atoms with Gasteiger partial charge in [0, 0.05) is 11.1 Å². The number of hydrogen-bond donors (Lipinski definition) is 1. The first-order chi connectivity index (χ1) is 19.6. The minimum absolute atomic E-state index is 0.185. The van der Waals surface area contributed by atoms with Crippen molar-refractivity contribution in [3.8, 4) is 11.4 Å². The topological polar surface area (TPSA) is 120 Å². The van der Waals surface area contributed by atoms with Crippen LogP contribution in [0.4, 0.5) is 4.39 Å². The second kappa shape index (κ2) is 11.2. The molecule has 0 bridgehead atoms. The number of benzene rings is 2. The lowest BCUT2D eigenvalue weighted by Gasteiger charge is -2.22. The Morgan fingerprint density at radius 1 is 1.05 bits per heavy atom. The molecule has 2 aromatic carbocycles. The van der Waals surface area contributed by atoms with E-state index in [1.54, 1.807) is 26.0 Å². The number of ketones is 1. The summed E-state index contributed by atoms with van der Waals surface area (Å²) in [6.07, 6.45) is 2.19. The predicted molar refractivity (Wildman–Crippen MR) is 150 cm³/mol. The maximum atomic E-state index is 13.5. The molecular formula is C31H32FN5O4. The van der Waals surface area contributed by atoms with Gasteiger partial charge in [0.05, 0.1) is 17.2 Å². The molecule has 0 radical (unpaired) electrons. The van der Waals surface area contributed by atoms with E-state index in [-0.39, 0.29) is 35.6 Å². The van der Waals surface area contributed by atoms with Gasteiger partial charge in [-0.2, -0.15) is 0 Å². The summed E-state index contributed by atoms with van der Waals surface area (Å²) in [7, 11) is 0. The molecule has 0 saturated heterocycles. The lowest BCUT2D eigenvalue weighted by molar-refractivity contribution is -0.122. The largest absolute Gasteiger partial charge is 0.417 e. The molecule has 41 heavy (non-hydrogen) atoms. The van der Waals surface area contributed by atoms with Crippen LogP contribution in [0.25, 0.3) is 11.4 Å². The molecule has 0 spiro atoms. The van der Waals surface area contributed by atoms with Crippen molar-refractivity contribution in [2.45, 2.75) is 65.0 Å². The number of nitrogens with one attached hydrogen (secondary N) is 1. The Balaban J connectivity index is 1.38. The van der Waals surface area contributed by atoms with Gasteiger partial charge in [-0.3, -0.25) is 19.0 Å². The minimum atomic E-state index is -0.969. The summed E-state index contributed by atoms with van der Waals surface area (Å²) in [5.41, 5.74) is 1.85. The summed E-state index contributed by atoms with van der Waals surface area (Å²) in [5, 5.41) is 10.8. The van der Waals surface area contributed by atoms with Crippen LogP contribution in [-0.4, -0.2) is 37.5 Å². The molecule has 2 heterocycles. The van der Waals surface area contributed by atoms with E-state index in [2.05, 4.69) is 15.5 Å². The van der Waals surface area contributed by atoms with Gasteiger partial charge in [-0.1, -0.05) is 56.3 Å². The monoisotopic (exact) mass is 557 g/mol. The predicted octanol–water partition coefficient (Wildman–Crippen LogP) is 4.27. The van der Waals surface area contributed by atoms with E-state index < -0.39 is 23.1 Å². The Labute approximate surface area is 236 Å². The minimum Gasteiger partial charge on any atom is -0.417 e. The standard InChI is InChI=1S/C31H32FN5O4/c1-18(2)25(26(39)28-35-36-30(41-28)31(3,4)20-13-15-21(32)16-14-20)34-24(38)17-37-27(19-9-6-5-7-10-19)33-23-12-8-11-22(23)29(37)40/h5-7,9-10,13-16,18,25H,8,11-12,17H2,1-4H3,(H,34,38). The number of nitrogens with zero attached hydrogens (tertiary/aromatic N) is 4. The second-order valence-corrected chi connectivity index (χ2v) is 11.2. The maximum absolute atomic E-state index is 13.5. The average molecular weight is 558 g/mol. The molecule has 1 unspecified atom stereocenters. The van der Waals surface area contributed by atoms with E-state index in [1.165, 1.54) is 16.7 Å². The van der Waals surface area contributed by atoms with Crippen LogP contribution in [0.3, 0.4) is 0 Å². The highest BCUT2D eigenvalue weighted by molar-refractivity contribution is 5.98. The van der Waals surface area contributed by atoms with Crippen LogP contribution in [0.2, 0.25) is 0 Å². The fourth-order valence-electron chi connectivity index (χ4n) is 5.08. The van der Waals surface area contributed by atoms with E-state index >= 15 is 0 Å². The zero-order valence-electron chi connectivity index (χ0n) is 23.5. The molecule has 2 aromatic heterocycles. The first kappa shape index (κ1) is 28.1. The van der Waals surface area contributed by atoms with Crippen LogP contribution in [0.15, 0.2) is 63.8 Å². The fraction of sp³-hybridized carbons (Fsp3) is 0.355. The van der Waals surface area contributed by atoms with E-state index in [9.17, 15) is 18.8 Å². The SMILES string of the molecule is CC(C)C(NC(=O)Cn1c(-c2ccccc2)nc2c(c1=O)CCC2)C(=O)c1nnc(C(C)(C)c2ccc(F)cc2)o1. The number of carbonyl (C=O) groups excluding carboxylic acids is 2. The molecule has 0 saturated carbocycles. The van der Waals surface area contributed by atoms with Gasteiger partial charge in [0.15, 0.2) is 0 Å². The molecule has 9 nitrogen and oxygen atoms in total. The van der Waals surface area contributed by atoms with Gasteiger partial charge >= 0.3 is 0 Å². The van der Waals surface area contributed by atoms with Crippen molar-refractivity contribution in [3.05, 3.63) is 99.4 Å². The van der Waals surface area contributed by atoms with Crippen molar-refractivity contribution in [1.29, 1.82) is 0 Å². The molecule has 10 heteroatoms. The molecule has 1 aliphatic rings. The third kappa shape index (κ3) is 5.59. The Morgan fingerprint density at radius 3 is 2.44 bits per heavy atom. The van der Waals surface area contributed by atoms with Crippen LogP contribution in [0, 0.1) is 11.7 Å². The zero-order chi connectivity index (χ0) is 29.3. The van der Waals surface area contributed by atoms with Gasteiger partial charge in [-0.05, 0) is 56.7 Å². The van der Waals surface area contributed by atoms with Crippen molar-refractivity contribution >= 4 is 11.7 Å². The highest BCUT2D eigenvalue weighted by Gasteiger charge is 2.34. The molecule has 212 valence electrons. The number of halogens is 1. The molecule has 0 fully saturated rings. The number of rotatable bonds is 9. The zero-order valence-corrected chi connectivity index (χ0v) is 23.5. The molecule has 1 aliphatic carbocycles. The summed E-state index contributed by atoms with van der Waals surface area (Å²) in [5.74, 6) is -1.36. The third-order valence-electron chi connectivity index (χ3n) is 7.52. The summed E-state index contributed by atoms with van der Waals surface area (Å²) in [4.78, 5) is 45.0. The van der Waals surface area contributed by atoms with Gasteiger partial charge < -0.3 is 9.73 Å². The first-order valence-corrected chi connectivity index (χ1v) is 13.7. The van der Waals surface area contributed by atoms with Gasteiger partial charge in [0.2, 0.25) is 17.6 Å². The van der Waals surface area contributed by atoms with E-state index in [1.807, 2.05) is 44.2 Å². The summed E-state index contributed by atoms with van der Waals surface area (Å²) >= 11 is 0. The van der Waals surface area contributed by atoms with Crippen LogP contribution < -0.4 is 10.9 Å². The van der Waals surface area contributed by atoms with Crippen molar-refractivity contribution in [3.63, 3.8) is 0 Å². The molecule has 4 aromatic rings. The number of fused-ring (bicyclic) bond motifs is 1. The number of amides is 1. The van der Waals surface area contributed by atoms with Gasteiger partial charge in [-0.25, -0.2) is 9.37 Å². The lowest BCUT2D eigenvalue weighted by atomic mass is 9.84. The molecule has 1 atom stereocenters. The summed E-state index contributed by atoms with van der Waals surface area (Å²) < 4.78 is 20.6. The average Bonchev–Trinajstić information content (AvgIpc) is 3.64. The second-order valence-electron chi connectivity index (χ2n) is 11.2. The van der Waals surface area contributed by atoms with Crippen LogP contribution in [-0.2, 0) is 29.6 Å². The highest BCUT2D eigenvalue weighted by Crippen LogP contribution is 2.31. The van der Waals surface area contributed by atoms with Crippen LogP contribution >= 0.6 is 0 Å². The number of Topliss-reactive ketones (excluding diaryl/α,β-unsaturated/α-hetero) is 1. The Bertz CT molecular complexity index is 1640. The van der Waals surface area contributed by atoms with Crippen molar-refractivity contribution in [2.24, 2.45) is 5.92 Å². The first-order valence-electron chi connectivity index (χ1n) is 13.7. The Kier molecular flexibility index (Phi) is 7.66. The van der Waals surface area contributed by atoms with Crippen molar-refractivity contribution in [1.82, 2.24) is 25.1 Å². The molecule has 5 rings (SSSR count). The van der Waals surface area contributed by atoms with E-state index in [0.717, 1.165) is 29.7 Å². The molecule has 0 aliphatic heterocycles. The normalized spacial score (nSPS) is 13.7. The molecule has 1 N–H and O–H groups in total. The van der Waals surface area contributed by atoms with Crippen LogP contribution in [0.1, 0.15) is 67.5 Å². The molecule has 1 amide bonds. The summed E-state index contributed by atoms with van der Waals surface area (Å²) in [6.45, 7) is 6.95. The van der Waals surface area contributed by atoms with Crippen molar-refractivity contribution < 1.29 is 18.4 Å². The number of carbonyl (C=O) groups is 2.